The van der Waals surface area contributed by atoms with E-state index in [0.717, 1.165) is 9.79 Å². The lowest BCUT2D eigenvalue weighted by Gasteiger charge is -2.00. The summed E-state index contributed by atoms with van der Waals surface area (Å²) in [4.78, 5) is 12.8. The van der Waals surface area contributed by atoms with Gasteiger partial charge in [-0.15, -0.1) is 11.3 Å². The molecule has 2 aromatic rings. The maximum atomic E-state index is 10.7. The van der Waals surface area contributed by atoms with Crippen molar-refractivity contribution in [2.24, 2.45) is 0 Å². The molecule has 1 N–H and O–H groups in total. The van der Waals surface area contributed by atoms with E-state index < -0.39 is 5.97 Å². The second-order valence-electron chi connectivity index (χ2n) is 3.31. The zero-order valence-corrected chi connectivity index (χ0v) is 11.3. The van der Waals surface area contributed by atoms with E-state index in [4.69, 9.17) is 22.0 Å². The van der Waals surface area contributed by atoms with Crippen molar-refractivity contribution in [3.05, 3.63) is 45.1 Å². The molecule has 3 nitrogen and oxygen atoms in total. The smallest absolute Gasteiger partial charge is 0.345 e. The first-order chi connectivity index (χ1) is 8.60. The minimum absolute atomic E-state index is 0.303. The third-order valence-electron chi connectivity index (χ3n) is 2.08. The number of aromatic carboxylic acids is 1. The quantitative estimate of drug-likeness (QED) is 0.925. The van der Waals surface area contributed by atoms with Gasteiger partial charge in [0, 0.05) is 15.2 Å². The predicted molar refractivity (Wildman–Crippen MR) is 71.6 cm³/mol. The summed E-state index contributed by atoms with van der Waals surface area (Å²) in [7, 11) is 0. The van der Waals surface area contributed by atoms with Crippen LogP contribution in [0.2, 0.25) is 5.02 Å². The Morgan fingerprint density at radius 3 is 2.72 bits per heavy atom. The lowest BCUT2D eigenvalue weighted by molar-refractivity contribution is 0.0702. The van der Waals surface area contributed by atoms with Crippen molar-refractivity contribution in [2.75, 3.05) is 0 Å². The second-order valence-corrected chi connectivity index (χ2v) is 5.77. The molecule has 6 heteroatoms. The van der Waals surface area contributed by atoms with Gasteiger partial charge in [-0.25, -0.2) is 4.79 Å². The fraction of sp³-hybridized carbons (Fsp3) is 0. The van der Waals surface area contributed by atoms with E-state index in [-0.39, 0.29) is 0 Å². The summed E-state index contributed by atoms with van der Waals surface area (Å²) in [5.41, 5.74) is 0.428. The van der Waals surface area contributed by atoms with Crippen molar-refractivity contribution in [1.82, 2.24) is 0 Å². The SMILES string of the molecule is N#Cc1ccc(Sc2csc(C(=O)O)c2)cc1Cl. The van der Waals surface area contributed by atoms with Crippen molar-refractivity contribution in [2.45, 2.75) is 9.79 Å². The van der Waals surface area contributed by atoms with Gasteiger partial charge in [0.2, 0.25) is 0 Å². The molecular weight excluding hydrogens is 290 g/mol. The largest absolute Gasteiger partial charge is 0.477 e. The average Bonchev–Trinajstić information content (AvgIpc) is 2.78. The summed E-state index contributed by atoms with van der Waals surface area (Å²) in [5, 5.41) is 19.8. The standard InChI is InChI=1S/C12H6ClNO2S2/c13-10-3-8(2-1-7(10)5-14)18-9-4-11(12(15)16)17-6-9/h1-4,6H,(H,15,16). The summed E-state index contributed by atoms with van der Waals surface area (Å²) >= 11 is 8.52. The Kier molecular flexibility index (Phi) is 3.92. The zero-order chi connectivity index (χ0) is 13.1. The van der Waals surface area contributed by atoms with Crippen LogP contribution in [0.5, 0.6) is 0 Å². The highest BCUT2D eigenvalue weighted by Crippen LogP contribution is 2.33. The molecule has 0 spiro atoms. The number of carboxylic acids is 1. The normalized spacial score (nSPS) is 10.0. The molecular formula is C12H6ClNO2S2. The predicted octanol–water partition coefficient (Wildman–Crippen LogP) is 4.12. The molecule has 0 bridgehead atoms. The Morgan fingerprint density at radius 2 is 2.17 bits per heavy atom. The Morgan fingerprint density at radius 1 is 1.39 bits per heavy atom. The van der Waals surface area contributed by atoms with Gasteiger partial charge in [0.1, 0.15) is 10.9 Å². The maximum Gasteiger partial charge on any atom is 0.345 e. The molecule has 0 atom stereocenters. The minimum Gasteiger partial charge on any atom is -0.477 e. The molecule has 0 aliphatic rings. The van der Waals surface area contributed by atoms with Crippen LogP contribution < -0.4 is 0 Å². The van der Waals surface area contributed by atoms with Crippen LogP contribution in [0.25, 0.3) is 0 Å². The molecule has 90 valence electrons. The summed E-state index contributed by atoms with van der Waals surface area (Å²) in [5.74, 6) is -0.926. The number of halogens is 1. The molecule has 0 fully saturated rings. The highest BCUT2D eigenvalue weighted by molar-refractivity contribution is 7.99. The van der Waals surface area contributed by atoms with E-state index >= 15 is 0 Å². The minimum atomic E-state index is -0.926. The van der Waals surface area contributed by atoms with Crippen LogP contribution in [0, 0.1) is 11.3 Å². The van der Waals surface area contributed by atoms with Gasteiger partial charge < -0.3 is 5.11 Å². The van der Waals surface area contributed by atoms with Gasteiger partial charge in [0.05, 0.1) is 10.6 Å². The molecule has 18 heavy (non-hydrogen) atoms. The topological polar surface area (TPSA) is 61.1 Å². The van der Waals surface area contributed by atoms with Crippen LogP contribution in [0.3, 0.4) is 0 Å². The van der Waals surface area contributed by atoms with Gasteiger partial charge in [0.15, 0.2) is 0 Å². The molecule has 0 aliphatic heterocycles. The van der Waals surface area contributed by atoms with Crippen molar-refractivity contribution in [3.63, 3.8) is 0 Å². The Labute approximate surface area is 117 Å². The number of thiophene rings is 1. The van der Waals surface area contributed by atoms with E-state index in [9.17, 15) is 4.79 Å². The van der Waals surface area contributed by atoms with Crippen LogP contribution >= 0.6 is 34.7 Å². The van der Waals surface area contributed by atoms with Crippen LogP contribution in [-0.4, -0.2) is 11.1 Å². The number of benzene rings is 1. The molecule has 0 unspecified atom stereocenters. The van der Waals surface area contributed by atoms with Gasteiger partial charge in [-0.2, -0.15) is 5.26 Å². The van der Waals surface area contributed by atoms with Crippen LogP contribution in [0.1, 0.15) is 15.2 Å². The summed E-state index contributed by atoms with van der Waals surface area (Å²) < 4.78 is 0. The van der Waals surface area contributed by atoms with E-state index in [1.54, 1.807) is 29.6 Å². The number of nitriles is 1. The fourth-order valence-electron chi connectivity index (χ4n) is 1.27. The molecule has 0 aliphatic carbocycles. The molecule has 2 rings (SSSR count). The van der Waals surface area contributed by atoms with E-state index in [1.165, 1.54) is 23.1 Å². The molecule has 1 heterocycles. The van der Waals surface area contributed by atoms with E-state index in [2.05, 4.69) is 0 Å². The van der Waals surface area contributed by atoms with Crippen molar-refractivity contribution >= 4 is 40.7 Å². The number of hydrogen-bond acceptors (Lipinski definition) is 4. The van der Waals surface area contributed by atoms with Gasteiger partial charge in [0.25, 0.3) is 0 Å². The van der Waals surface area contributed by atoms with Crippen molar-refractivity contribution < 1.29 is 9.90 Å². The van der Waals surface area contributed by atoms with Gasteiger partial charge >= 0.3 is 5.97 Å². The molecule has 0 saturated heterocycles. The van der Waals surface area contributed by atoms with E-state index in [1.807, 2.05) is 6.07 Å². The monoisotopic (exact) mass is 295 g/mol. The summed E-state index contributed by atoms with van der Waals surface area (Å²) in [6, 6.07) is 8.73. The van der Waals surface area contributed by atoms with Crippen molar-refractivity contribution in [3.8, 4) is 6.07 Å². The fourth-order valence-corrected chi connectivity index (χ4v) is 3.34. The number of carbonyl (C=O) groups is 1. The molecule has 0 saturated carbocycles. The van der Waals surface area contributed by atoms with Gasteiger partial charge in [-0.05, 0) is 24.3 Å². The van der Waals surface area contributed by atoms with Gasteiger partial charge in [-0.1, -0.05) is 23.4 Å². The zero-order valence-electron chi connectivity index (χ0n) is 8.88. The number of hydrogen-bond donors (Lipinski definition) is 1. The molecule has 0 radical (unpaired) electrons. The van der Waals surface area contributed by atoms with Gasteiger partial charge in [-0.3, -0.25) is 0 Å². The lowest BCUT2D eigenvalue weighted by Crippen LogP contribution is -1.89. The Bertz CT molecular complexity index is 646. The highest BCUT2D eigenvalue weighted by Gasteiger charge is 2.08. The third-order valence-corrected chi connectivity index (χ3v) is 4.42. The second kappa shape index (κ2) is 5.44. The first kappa shape index (κ1) is 13.0. The first-order valence-corrected chi connectivity index (χ1v) is 6.87. The summed E-state index contributed by atoms with van der Waals surface area (Å²) in [6.07, 6.45) is 0. The summed E-state index contributed by atoms with van der Waals surface area (Å²) in [6.45, 7) is 0. The number of carboxylic acid groups (broad SMARTS) is 1. The average molecular weight is 296 g/mol. The Hall–Kier alpha value is -1.48. The van der Waals surface area contributed by atoms with E-state index in [0.29, 0.717) is 15.5 Å². The molecule has 1 aromatic heterocycles. The van der Waals surface area contributed by atoms with Crippen molar-refractivity contribution in [1.29, 1.82) is 5.26 Å². The van der Waals surface area contributed by atoms with Crippen LogP contribution in [0.15, 0.2) is 39.4 Å². The van der Waals surface area contributed by atoms with Crippen LogP contribution in [0.4, 0.5) is 0 Å². The highest BCUT2D eigenvalue weighted by atomic mass is 35.5. The first-order valence-electron chi connectivity index (χ1n) is 4.79. The van der Waals surface area contributed by atoms with Crippen LogP contribution in [-0.2, 0) is 0 Å². The lowest BCUT2D eigenvalue weighted by atomic mass is 10.2. The Balaban J connectivity index is 2.21. The number of rotatable bonds is 3. The molecule has 1 aromatic carbocycles. The number of nitrogens with zero attached hydrogens (tertiary/aromatic N) is 1. The maximum absolute atomic E-state index is 10.7. The molecule has 0 amide bonds. The third kappa shape index (κ3) is 2.85.